The van der Waals surface area contributed by atoms with Crippen molar-refractivity contribution in [1.82, 2.24) is 0 Å². The Bertz CT molecular complexity index is 767. The van der Waals surface area contributed by atoms with Gasteiger partial charge in [-0.1, -0.05) is 116 Å². The van der Waals surface area contributed by atoms with Crippen molar-refractivity contribution in [3.63, 3.8) is 0 Å². The number of benzene rings is 2. The van der Waals surface area contributed by atoms with Crippen molar-refractivity contribution in [2.45, 2.75) is 0 Å². The molecule has 3 nitrogen and oxygen atoms in total. The Balaban J connectivity index is 0.00000364. The summed E-state index contributed by atoms with van der Waals surface area (Å²) in [6.07, 6.45) is 0. The van der Waals surface area contributed by atoms with Gasteiger partial charge in [0, 0.05) is 0 Å². The van der Waals surface area contributed by atoms with Crippen LogP contribution in [0.3, 0.4) is 0 Å². The summed E-state index contributed by atoms with van der Waals surface area (Å²) < 4.78 is 10.0. The van der Waals surface area contributed by atoms with Crippen LogP contribution >= 0.6 is 116 Å². The topological polar surface area (TPSA) is 41.5 Å². The van der Waals surface area contributed by atoms with Crippen LogP contribution in [-0.2, 0) is 0 Å². The summed E-state index contributed by atoms with van der Waals surface area (Å²) in [5.74, 6) is -0.711. The molecule has 0 aliphatic carbocycles. The molecule has 27 heavy (non-hydrogen) atoms. The minimum absolute atomic E-state index is 0. The standard InChI is InChI=1S/C12BCl10O3.K/c14-1-3(16)7(20)11(8(21)4(1)17)25-13(24)26-12-9(22)5(18)2(15)6(19)10(12)23;/q-1;+1. The molecule has 2 rings (SSSR count). The maximum Gasteiger partial charge on any atom is 1.00 e. The monoisotopic (exact) mass is 592 g/mol. The maximum atomic E-state index is 12.2. The third-order valence-corrected chi connectivity index (χ3v) is 7.25. The molecule has 15 heteroatoms. The molecule has 0 spiro atoms. The molecular weight excluding hydrogens is 597 g/mol. The fourth-order valence-electron chi connectivity index (χ4n) is 1.59. The predicted molar refractivity (Wildman–Crippen MR) is 110 cm³/mol. The summed E-state index contributed by atoms with van der Waals surface area (Å²) in [5.41, 5.74) is 0. The first-order valence-electron chi connectivity index (χ1n) is 6.01. The third-order valence-electron chi connectivity index (χ3n) is 2.77. The fourth-order valence-corrected chi connectivity index (χ4v) is 4.01. The molecule has 2 aromatic rings. The Morgan fingerprint density at radius 3 is 0.852 bits per heavy atom. The van der Waals surface area contributed by atoms with Crippen LogP contribution in [0.25, 0.3) is 0 Å². The Kier molecular flexibility index (Phi) is 11.7. The second kappa shape index (κ2) is 11.5. The summed E-state index contributed by atoms with van der Waals surface area (Å²) in [4.78, 5) is 0. The number of halogens is 10. The molecule has 0 radical (unpaired) electrons. The Morgan fingerprint density at radius 1 is 0.444 bits per heavy atom. The number of hydrogen-bond donors (Lipinski definition) is 0. The molecule has 0 bridgehead atoms. The van der Waals surface area contributed by atoms with E-state index in [2.05, 4.69) is 0 Å². The SMILES string of the molecule is [K+].[O-]B(Oc1c(Cl)c(Cl)c(Cl)c(Cl)c1Cl)Oc1c(Cl)c(Cl)c(Cl)c(Cl)c1Cl. The van der Waals surface area contributed by atoms with Gasteiger partial charge < -0.3 is 14.3 Å². The van der Waals surface area contributed by atoms with Gasteiger partial charge in [0.25, 0.3) is 0 Å². The Morgan fingerprint density at radius 2 is 0.630 bits per heavy atom. The van der Waals surface area contributed by atoms with Crippen molar-refractivity contribution < 1.29 is 65.7 Å². The van der Waals surface area contributed by atoms with Gasteiger partial charge in [0.05, 0.1) is 30.1 Å². The zero-order chi connectivity index (χ0) is 19.9. The average Bonchev–Trinajstić information content (AvgIpc) is 2.62. The van der Waals surface area contributed by atoms with E-state index in [1.54, 1.807) is 0 Å². The van der Waals surface area contributed by atoms with Crippen molar-refractivity contribution in [2.75, 3.05) is 0 Å². The van der Waals surface area contributed by atoms with Gasteiger partial charge in [-0.25, -0.2) is 0 Å². The number of hydrogen-bond acceptors (Lipinski definition) is 3. The minimum atomic E-state index is -2.26. The summed E-state index contributed by atoms with van der Waals surface area (Å²) >= 11 is 59.1. The first-order chi connectivity index (χ1) is 12.0. The van der Waals surface area contributed by atoms with Crippen LogP contribution in [-0.4, -0.2) is 7.32 Å². The van der Waals surface area contributed by atoms with Crippen LogP contribution in [0.15, 0.2) is 0 Å². The first-order valence-corrected chi connectivity index (χ1v) is 9.78. The zero-order valence-corrected chi connectivity index (χ0v) is 23.3. The molecule has 0 heterocycles. The molecule has 2 aromatic carbocycles. The molecule has 0 aliphatic rings. The maximum absolute atomic E-state index is 12.2. The molecule has 0 aromatic heterocycles. The van der Waals surface area contributed by atoms with Gasteiger partial charge in [-0.05, 0) is 0 Å². The molecule has 0 aliphatic heterocycles. The van der Waals surface area contributed by atoms with Crippen LogP contribution in [0, 0.1) is 0 Å². The molecule has 0 saturated heterocycles. The summed E-state index contributed by atoms with van der Waals surface area (Å²) in [6.45, 7) is 0. The van der Waals surface area contributed by atoms with Crippen LogP contribution in [0.2, 0.25) is 50.2 Å². The van der Waals surface area contributed by atoms with E-state index >= 15 is 0 Å². The molecule has 0 saturated carbocycles. The van der Waals surface area contributed by atoms with Gasteiger partial charge in [0.15, 0.2) is 0 Å². The van der Waals surface area contributed by atoms with Crippen LogP contribution in [0.1, 0.15) is 0 Å². The fraction of sp³-hybridized carbons (Fsp3) is 0. The molecule has 0 atom stereocenters. The second-order valence-electron chi connectivity index (χ2n) is 4.32. The zero-order valence-electron chi connectivity index (χ0n) is 12.6. The molecule has 0 N–H and O–H groups in total. The van der Waals surface area contributed by atoms with Crippen molar-refractivity contribution in [2.24, 2.45) is 0 Å². The summed E-state index contributed by atoms with van der Waals surface area (Å²) in [5, 5.41) is 10.3. The number of rotatable bonds is 4. The quantitative estimate of drug-likeness (QED) is 0.283. The van der Waals surface area contributed by atoms with E-state index in [1.165, 1.54) is 0 Å². The largest absolute Gasteiger partial charge is 1.00 e. The molecule has 0 amide bonds. The first kappa shape index (κ1) is 27.6. The smallest absolute Gasteiger partial charge is 0.808 e. The van der Waals surface area contributed by atoms with Gasteiger partial charge in [-0.2, -0.15) is 0 Å². The van der Waals surface area contributed by atoms with Gasteiger partial charge in [0.2, 0.25) is 0 Å². The van der Waals surface area contributed by atoms with E-state index in [-0.39, 0.29) is 113 Å². The normalized spacial score (nSPS) is 10.5. The van der Waals surface area contributed by atoms with Crippen molar-refractivity contribution >= 4 is 123 Å². The summed E-state index contributed by atoms with van der Waals surface area (Å²) in [7, 11) is -2.26. The molecule has 0 fully saturated rings. The van der Waals surface area contributed by atoms with E-state index in [9.17, 15) is 5.02 Å². The van der Waals surface area contributed by atoms with Gasteiger partial charge in [-0.15, -0.1) is 0 Å². The van der Waals surface area contributed by atoms with E-state index in [0.29, 0.717) is 0 Å². The van der Waals surface area contributed by atoms with Gasteiger partial charge in [0.1, 0.15) is 31.6 Å². The van der Waals surface area contributed by atoms with Crippen LogP contribution < -0.4 is 65.7 Å². The van der Waals surface area contributed by atoms with E-state index in [1.807, 2.05) is 0 Å². The summed E-state index contributed by atoms with van der Waals surface area (Å²) in [6, 6.07) is 0. The van der Waals surface area contributed by atoms with Crippen molar-refractivity contribution in [3.05, 3.63) is 50.2 Å². The Hall–Kier alpha value is 2.60. The van der Waals surface area contributed by atoms with Crippen molar-refractivity contribution in [3.8, 4) is 11.5 Å². The second-order valence-corrected chi connectivity index (χ2v) is 8.10. The predicted octanol–water partition coefficient (Wildman–Crippen LogP) is 5.03. The van der Waals surface area contributed by atoms with Crippen molar-refractivity contribution in [1.29, 1.82) is 0 Å². The van der Waals surface area contributed by atoms with Gasteiger partial charge >= 0.3 is 58.7 Å². The van der Waals surface area contributed by atoms with Crippen LogP contribution in [0.4, 0.5) is 0 Å². The average molecular weight is 597 g/mol. The minimum Gasteiger partial charge on any atom is -0.808 e. The van der Waals surface area contributed by atoms with Gasteiger partial charge in [-0.3, -0.25) is 0 Å². The van der Waals surface area contributed by atoms with E-state index in [0.717, 1.165) is 0 Å². The molecular formula is C12BCl10KO3. The van der Waals surface area contributed by atoms with E-state index < -0.39 is 7.32 Å². The Labute approximate surface area is 246 Å². The molecule has 0 unspecified atom stereocenters. The molecule has 140 valence electrons. The van der Waals surface area contributed by atoms with Crippen LogP contribution in [0.5, 0.6) is 11.5 Å². The van der Waals surface area contributed by atoms with E-state index in [4.69, 9.17) is 125 Å². The third kappa shape index (κ3) is 5.89.